The van der Waals surface area contributed by atoms with E-state index in [9.17, 15) is 13.6 Å². The predicted octanol–water partition coefficient (Wildman–Crippen LogP) is 3.02. The van der Waals surface area contributed by atoms with Gasteiger partial charge < -0.3 is 14.5 Å². The molecule has 0 bridgehead atoms. The van der Waals surface area contributed by atoms with Gasteiger partial charge in [-0.1, -0.05) is 6.07 Å². The molecular weight excluding hydrogens is 278 g/mol. The third kappa shape index (κ3) is 3.83. The minimum atomic E-state index is -0.859. The summed E-state index contributed by atoms with van der Waals surface area (Å²) >= 11 is 0. The van der Waals surface area contributed by atoms with Gasteiger partial charge in [0.25, 0.3) is 0 Å². The van der Waals surface area contributed by atoms with Crippen molar-refractivity contribution in [1.82, 2.24) is 4.90 Å². The fraction of sp³-hybridized carbons (Fsp3) is 0.533. The quantitative estimate of drug-likeness (QED) is 0.799. The minimum absolute atomic E-state index is 0.235. The molecule has 21 heavy (non-hydrogen) atoms. The van der Waals surface area contributed by atoms with Gasteiger partial charge in [-0.2, -0.15) is 0 Å². The second-order valence-electron chi connectivity index (χ2n) is 6.03. The van der Waals surface area contributed by atoms with Crippen molar-refractivity contribution in [3.8, 4) is 0 Å². The highest BCUT2D eigenvalue weighted by Gasteiger charge is 2.27. The van der Waals surface area contributed by atoms with E-state index in [-0.39, 0.29) is 11.8 Å². The molecule has 0 aromatic heterocycles. The predicted molar refractivity (Wildman–Crippen MR) is 76.4 cm³/mol. The SMILES string of the molecule is CC(C)(C)OC(=O)N1CCN(c2cccc(F)c2F)CC1. The zero-order valence-electron chi connectivity index (χ0n) is 12.5. The average molecular weight is 298 g/mol. The van der Waals surface area contributed by atoms with Crippen LogP contribution < -0.4 is 4.90 Å². The smallest absolute Gasteiger partial charge is 0.410 e. The van der Waals surface area contributed by atoms with E-state index in [1.165, 1.54) is 6.07 Å². The molecule has 1 aromatic carbocycles. The summed E-state index contributed by atoms with van der Waals surface area (Å²) in [5, 5.41) is 0. The van der Waals surface area contributed by atoms with Gasteiger partial charge in [0, 0.05) is 26.2 Å². The standard InChI is InChI=1S/C15H20F2N2O2/c1-15(2,3)21-14(20)19-9-7-18(8-10-19)12-6-4-5-11(16)13(12)17/h4-6H,7-10H2,1-3H3. The molecule has 1 fully saturated rings. The average Bonchev–Trinajstić information content (AvgIpc) is 2.40. The van der Waals surface area contributed by atoms with E-state index in [1.54, 1.807) is 15.9 Å². The Morgan fingerprint density at radius 3 is 2.33 bits per heavy atom. The third-order valence-electron chi connectivity index (χ3n) is 3.20. The number of amides is 1. The Hall–Kier alpha value is -1.85. The number of halogens is 2. The molecule has 0 unspecified atom stereocenters. The first-order valence-corrected chi connectivity index (χ1v) is 6.95. The number of ether oxygens (including phenoxy) is 1. The summed E-state index contributed by atoms with van der Waals surface area (Å²) in [5.41, 5.74) is -0.304. The number of hydrogen-bond acceptors (Lipinski definition) is 3. The number of benzene rings is 1. The molecule has 6 heteroatoms. The molecule has 4 nitrogen and oxygen atoms in total. The summed E-state index contributed by atoms with van der Waals surface area (Å²) in [7, 11) is 0. The molecule has 0 atom stereocenters. The summed E-state index contributed by atoms with van der Waals surface area (Å²) in [6.07, 6.45) is -0.373. The number of rotatable bonds is 1. The summed E-state index contributed by atoms with van der Waals surface area (Å²) < 4.78 is 32.3. The van der Waals surface area contributed by atoms with E-state index >= 15 is 0 Å². The first-order chi connectivity index (χ1) is 9.78. The van der Waals surface area contributed by atoms with E-state index < -0.39 is 17.2 Å². The summed E-state index contributed by atoms with van der Waals surface area (Å²) in [4.78, 5) is 15.2. The van der Waals surface area contributed by atoms with Gasteiger partial charge in [0.1, 0.15) is 5.60 Å². The van der Waals surface area contributed by atoms with Gasteiger partial charge in [-0.15, -0.1) is 0 Å². The lowest BCUT2D eigenvalue weighted by Gasteiger charge is -2.36. The molecule has 1 saturated heterocycles. The van der Waals surface area contributed by atoms with Crippen LogP contribution in [0.5, 0.6) is 0 Å². The van der Waals surface area contributed by atoms with E-state index in [0.717, 1.165) is 6.07 Å². The Morgan fingerprint density at radius 2 is 1.76 bits per heavy atom. The molecule has 1 amide bonds. The Morgan fingerprint density at radius 1 is 1.14 bits per heavy atom. The van der Waals surface area contributed by atoms with Crippen molar-refractivity contribution in [2.75, 3.05) is 31.1 Å². The largest absolute Gasteiger partial charge is 0.444 e. The van der Waals surface area contributed by atoms with Gasteiger partial charge in [-0.25, -0.2) is 13.6 Å². The monoisotopic (exact) mass is 298 g/mol. The van der Waals surface area contributed by atoms with Gasteiger partial charge in [0.2, 0.25) is 0 Å². The maximum absolute atomic E-state index is 13.7. The number of hydrogen-bond donors (Lipinski definition) is 0. The number of anilines is 1. The highest BCUT2D eigenvalue weighted by Crippen LogP contribution is 2.23. The van der Waals surface area contributed by atoms with Crippen LogP contribution in [-0.2, 0) is 4.74 Å². The third-order valence-corrected chi connectivity index (χ3v) is 3.20. The van der Waals surface area contributed by atoms with Crippen molar-refractivity contribution in [3.63, 3.8) is 0 Å². The lowest BCUT2D eigenvalue weighted by molar-refractivity contribution is 0.0240. The molecule has 1 aromatic rings. The number of carbonyl (C=O) groups excluding carboxylic acids is 1. The van der Waals surface area contributed by atoms with Crippen LogP contribution in [-0.4, -0.2) is 42.8 Å². The molecule has 0 N–H and O–H groups in total. The van der Waals surface area contributed by atoms with Crippen LogP contribution in [0.4, 0.5) is 19.3 Å². The number of carbonyl (C=O) groups is 1. The van der Waals surface area contributed by atoms with Gasteiger partial charge in [-0.3, -0.25) is 0 Å². The Labute approximate surface area is 123 Å². The molecule has 0 aliphatic carbocycles. The Bertz CT molecular complexity index is 521. The summed E-state index contributed by atoms with van der Waals surface area (Å²) in [6, 6.07) is 4.12. The molecule has 2 rings (SSSR count). The fourth-order valence-electron chi connectivity index (χ4n) is 2.19. The maximum atomic E-state index is 13.7. The normalized spacial score (nSPS) is 16.0. The van der Waals surface area contributed by atoms with E-state index in [0.29, 0.717) is 26.2 Å². The van der Waals surface area contributed by atoms with Crippen LogP contribution in [0.3, 0.4) is 0 Å². The van der Waals surface area contributed by atoms with E-state index in [1.807, 2.05) is 20.8 Å². The topological polar surface area (TPSA) is 32.8 Å². The first-order valence-electron chi connectivity index (χ1n) is 6.95. The zero-order valence-corrected chi connectivity index (χ0v) is 12.5. The van der Waals surface area contributed by atoms with Gasteiger partial charge >= 0.3 is 6.09 Å². The Balaban J connectivity index is 1.97. The lowest BCUT2D eigenvalue weighted by atomic mass is 10.2. The van der Waals surface area contributed by atoms with Crippen LogP contribution in [0.2, 0.25) is 0 Å². The van der Waals surface area contributed by atoms with Gasteiger partial charge in [-0.05, 0) is 32.9 Å². The lowest BCUT2D eigenvalue weighted by Crippen LogP contribution is -2.50. The highest BCUT2D eigenvalue weighted by atomic mass is 19.2. The molecule has 0 saturated carbocycles. The van der Waals surface area contributed by atoms with Crippen molar-refractivity contribution in [2.45, 2.75) is 26.4 Å². The van der Waals surface area contributed by atoms with Crippen molar-refractivity contribution < 1.29 is 18.3 Å². The van der Waals surface area contributed by atoms with E-state index in [2.05, 4.69) is 0 Å². The van der Waals surface area contributed by atoms with E-state index in [4.69, 9.17) is 4.74 Å². The van der Waals surface area contributed by atoms with Crippen LogP contribution >= 0.6 is 0 Å². The van der Waals surface area contributed by atoms with Gasteiger partial charge in [0.05, 0.1) is 5.69 Å². The van der Waals surface area contributed by atoms with Gasteiger partial charge in [0.15, 0.2) is 11.6 Å². The molecule has 1 aliphatic rings. The summed E-state index contributed by atoms with van der Waals surface area (Å²) in [6.45, 7) is 7.16. The van der Waals surface area contributed by atoms with Crippen LogP contribution in [0, 0.1) is 11.6 Å². The number of nitrogens with zero attached hydrogens (tertiary/aromatic N) is 2. The van der Waals surface area contributed by atoms with Crippen molar-refractivity contribution in [1.29, 1.82) is 0 Å². The first kappa shape index (κ1) is 15.5. The molecule has 0 spiro atoms. The van der Waals surface area contributed by atoms with Crippen molar-refractivity contribution in [2.24, 2.45) is 0 Å². The molecule has 0 radical (unpaired) electrons. The fourth-order valence-corrected chi connectivity index (χ4v) is 2.19. The minimum Gasteiger partial charge on any atom is -0.444 e. The Kier molecular flexibility index (Phi) is 4.34. The summed E-state index contributed by atoms with van der Waals surface area (Å²) in [5.74, 6) is -1.70. The number of piperazine rings is 1. The second kappa shape index (κ2) is 5.87. The molecule has 1 heterocycles. The van der Waals surface area contributed by atoms with Crippen molar-refractivity contribution >= 4 is 11.8 Å². The van der Waals surface area contributed by atoms with Crippen LogP contribution in [0.25, 0.3) is 0 Å². The zero-order chi connectivity index (χ0) is 15.6. The van der Waals surface area contributed by atoms with Crippen LogP contribution in [0.1, 0.15) is 20.8 Å². The van der Waals surface area contributed by atoms with Crippen LogP contribution in [0.15, 0.2) is 18.2 Å². The second-order valence-corrected chi connectivity index (χ2v) is 6.03. The highest BCUT2D eigenvalue weighted by molar-refractivity contribution is 5.68. The maximum Gasteiger partial charge on any atom is 0.410 e. The van der Waals surface area contributed by atoms with Crippen molar-refractivity contribution in [3.05, 3.63) is 29.8 Å². The molecule has 1 aliphatic heterocycles. The molecular formula is C15H20F2N2O2. The molecule has 116 valence electrons.